The highest BCUT2D eigenvalue weighted by Gasteiger charge is 2.20. The first-order valence-electron chi connectivity index (χ1n) is 7.39. The largest absolute Gasteiger partial charge is 0.395 e. The Morgan fingerprint density at radius 3 is 2.67 bits per heavy atom. The number of hydrogen-bond donors (Lipinski definition) is 2. The van der Waals surface area contributed by atoms with Crippen molar-refractivity contribution in [1.82, 2.24) is 10.2 Å². The molecule has 0 saturated heterocycles. The zero-order valence-corrected chi connectivity index (χ0v) is 12.4. The number of amides is 2. The number of aliphatic hydroxyl groups is 1. The van der Waals surface area contributed by atoms with Crippen molar-refractivity contribution in [3.63, 3.8) is 0 Å². The fourth-order valence-corrected chi connectivity index (χ4v) is 2.10. The van der Waals surface area contributed by atoms with Gasteiger partial charge in [-0.1, -0.05) is 24.0 Å². The van der Waals surface area contributed by atoms with Gasteiger partial charge in [-0.2, -0.15) is 0 Å². The van der Waals surface area contributed by atoms with Crippen molar-refractivity contribution in [3.05, 3.63) is 35.4 Å². The molecule has 2 N–H and O–H groups in total. The predicted octanol–water partition coefficient (Wildman–Crippen LogP) is 2.11. The minimum atomic E-state index is -0.00786. The maximum atomic E-state index is 12.0. The van der Waals surface area contributed by atoms with Gasteiger partial charge in [0.15, 0.2) is 0 Å². The maximum absolute atomic E-state index is 12.0. The molecule has 1 aliphatic rings. The molecule has 112 valence electrons. The lowest BCUT2D eigenvalue weighted by atomic mass is 9.93. The normalized spacial score (nSPS) is 13.8. The molecule has 4 heteroatoms. The molecule has 1 aliphatic carbocycles. The van der Waals surface area contributed by atoms with E-state index >= 15 is 0 Å². The number of benzene rings is 1. The highest BCUT2D eigenvalue weighted by atomic mass is 16.2. The lowest BCUT2D eigenvalue weighted by molar-refractivity contribution is 0.195. The van der Waals surface area contributed by atoms with Gasteiger partial charge in [-0.3, -0.25) is 0 Å². The molecular weight excluding hydrogens is 264 g/mol. The monoisotopic (exact) mass is 286 g/mol. The molecule has 0 radical (unpaired) electrons. The first-order valence-corrected chi connectivity index (χ1v) is 7.39. The number of carbonyl (C=O) groups is 1. The van der Waals surface area contributed by atoms with Crippen LogP contribution in [0, 0.1) is 11.8 Å². The Hall–Kier alpha value is -1.99. The number of hydrogen-bond acceptors (Lipinski definition) is 2. The van der Waals surface area contributed by atoms with Crippen molar-refractivity contribution in [2.75, 3.05) is 13.7 Å². The fraction of sp³-hybridized carbons (Fsp3) is 0.471. The summed E-state index contributed by atoms with van der Waals surface area (Å²) in [5.74, 6) is 5.88. The minimum Gasteiger partial charge on any atom is -0.395 e. The van der Waals surface area contributed by atoms with Crippen LogP contribution < -0.4 is 5.32 Å². The Labute approximate surface area is 126 Å². The highest BCUT2D eigenvalue weighted by molar-refractivity contribution is 5.74. The molecule has 21 heavy (non-hydrogen) atoms. The third-order valence-corrected chi connectivity index (χ3v) is 3.62. The third kappa shape index (κ3) is 4.80. The molecule has 0 spiro atoms. The topological polar surface area (TPSA) is 52.6 Å². The molecular formula is C17H22N2O2. The number of carbonyl (C=O) groups excluding carboxylic acids is 1. The highest BCUT2D eigenvalue weighted by Crippen LogP contribution is 2.18. The summed E-state index contributed by atoms with van der Waals surface area (Å²) in [5, 5.41) is 11.7. The molecule has 1 fully saturated rings. The first kappa shape index (κ1) is 15.4. The summed E-state index contributed by atoms with van der Waals surface area (Å²) in [7, 11) is 1.81. The summed E-state index contributed by atoms with van der Waals surface area (Å²) in [4.78, 5) is 13.7. The summed E-state index contributed by atoms with van der Waals surface area (Å²) in [5.41, 5.74) is 2.00. The molecule has 2 rings (SSSR count). The average Bonchev–Trinajstić information content (AvgIpc) is 2.44. The van der Waals surface area contributed by atoms with E-state index in [1.165, 1.54) is 6.42 Å². The fourth-order valence-electron chi connectivity index (χ4n) is 2.10. The van der Waals surface area contributed by atoms with Crippen molar-refractivity contribution in [2.24, 2.45) is 0 Å². The van der Waals surface area contributed by atoms with Gasteiger partial charge in [0.05, 0.1) is 6.61 Å². The molecule has 2 amide bonds. The summed E-state index contributed by atoms with van der Waals surface area (Å²) >= 11 is 0. The Morgan fingerprint density at radius 2 is 2.10 bits per heavy atom. The molecule has 0 heterocycles. The van der Waals surface area contributed by atoms with Crippen LogP contribution in [0.5, 0.6) is 0 Å². The zero-order chi connectivity index (χ0) is 15.1. The van der Waals surface area contributed by atoms with E-state index in [-0.39, 0.29) is 12.6 Å². The van der Waals surface area contributed by atoms with Gasteiger partial charge in [0.2, 0.25) is 0 Å². The molecule has 0 atom stereocenters. The van der Waals surface area contributed by atoms with E-state index in [0.29, 0.717) is 19.0 Å². The van der Waals surface area contributed by atoms with Crippen LogP contribution >= 0.6 is 0 Å². The van der Waals surface area contributed by atoms with Crippen LogP contribution in [0.3, 0.4) is 0 Å². The zero-order valence-electron chi connectivity index (χ0n) is 12.4. The van der Waals surface area contributed by atoms with Crippen LogP contribution in [0.1, 0.15) is 36.8 Å². The molecule has 0 aliphatic heterocycles. The summed E-state index contributed by atoms with van der Waals surface area (Å²) in [6.45, 7) is 0.675. The SMILES string of the molecule is CN(Cc1ccc(C#CCCO)cc1)C(=O)NC1CCC1. The van der Waals surface area contributed by atoms with E-state index in [9.17, 15) is 4.79 Å². The van der Waals surface area contributed by atoms with Crippen LogP contribution in [0.2, 0.25) is 0 Å². The lowest BCUT2D eigenvalue weighted by Crippen LogP contribution is -2.45. The van der Waals surface area contributed by atoms with Crippen molar-refractivity contribution in [3.8, 4) is 11.8 Å². The summed E-state index contributed by atoms with van der Waals surface area (Å²) in [6, 6.07) is 8.21. The van der Waals surface area contributed by atoms with E-state index in [0.717, 1.165) is 24.0 Å². The van der Waals surface area contributed by atoms with Crippen molar-refractivity contribution < 1.29 is 9.90 Å². The van der Waals surface area contributed by atoms with Crippen molar-refractivity contribution >= 4 is 6.03 Å². The molecule has 0 bridgehead atoms. The Morgan fingerprint density at radius 1 is 1.38 bits per heavy atom. The van der Waals surface area contributed by atoms with E-state index in [1.54, 1.807) is 4.90 Å². The van der Waals surface area contributed by atoms with E-state index in [1.807, 2.05) is 31.3 Å². The second-order valence-corrected chi connectivity index (χ2v) is 5.41. The van der Waals surface area contributed by atoms with Gasteiger partial charge in [0, 0.05) is 31.6 Å². The quantitative estimate of drug-likeness (QED) is 0.833. The standard InChI is InChI=1S/C17H22N2O2/c1-19(17(21)18-16-6-4-7-16)13-15-10-8-14(9-11-15)5-2-3-12-20/h8-11,16,20H,3-4,6-7,12-13H2,1H3,(H,18,21). The van der Waals surface area contributed by atoms with Gasteiger partial charge in [-0.25, -0.2) is 4.79 Å². The van der Waals surface area contributed by atoms with Gasteiger partial charge in [0.1, 0.15) is 0 Å². The van der Waals surface area contributed by atoms with Crippen LogP contribution in [0.4, 0.5) is 4.79 Å². The Bertz CT molecular complexity index is 524. The van der Waals surface area contributed by atoms with Crippen LogP contribution in [-0.2, 0) is 6.54 Å². The number of aliphatic hydroxyl groups excluding tert-OH is 1. The predicted molar refractivity (Wildman–Crippen MR) is 82.7 cm³/mol. The van der Waals surface area contributed by atoms with Crippen molar-refractivity contribution in [1.29, 1.82) is 0 Å². The smallest absolute Gasteiger partial charge is 0.317 e. The summed E-state index contributed by atoms with van der Waals surface area (Å²) < 4.78 is 0. The molecule has 1 aromatic rings. The van der Waals surface area contributed by atoms with E-state index in [4.69, 9.17) is 5.11 Å². The first-order chi connectivity index (χ1) is 10.2. The van der Waals surface area contributed by atoms with Gasteiger partial charge >= 0.3 is 6.03 Å². The summed E-state index contributed by atoms with van der Waals surface area (Å²) in [6.07, 6.45) is 3.90. The number of rotatable bonds is 4. The van der Waals surface area contributed by atoms with Crippen LogP contribution in [0.25, 0.3) is 0 Å². The van der Waals surface area contributed by atoms with Crippen LogP contribution in [-0.4, -0.2) is 35.7 Å². The van der Waals surface area contributed by atoms with Crippen LogP contribution in [0.15, 0.2) is 24.3 Å². The third-order valence-electron chi connectivity index (χ3n) is 3.62. The Balaban J connectivity index is 1.84. The lowest BCUT2D eigenvalue weighted by Gasteiger charge is -2.29. The molecule has 0 aromatic heterocycles. The molecule has 1 saturated carbocycles. The van der Waals surface area contributed by atoms with E-state index < -0.39 is 0 Å². The number of nitrogens with zero attached hydrogens (tertiary/aromatic N) is 1. The number of urea groups is 1. The van der Waals surface area contributed by atoms with Gasteiger partial charge in [0.25, 0.3) is 0 Å². The second kappa shape index (κ2) is 7.70. The second-order valence-electron chi connectivity index (χ2n) is 5.41. The van der Waals surface area contributed by atoms with Crippen molar-refractivity contribution in [2.45, 2.75) is 38.3 Å². The van der Waals surface area contributed by atoms with E-state index in [2.05, 4.69) is 17.2 Å². The molecule has 0 unspecified atom stereocenters. The molecule has 1 aromatic carbocycles. The minimum absolute atomic E-state index is 0.00786. The maximum Gasteiger partial charge on any atom is 0.317 e. The Kier molecular flexibility index (Phi) is 5.65. The molecule has 4 nitrogen and oxygen atoms in total. The number of nitrogens with one attached hydrogen (secondary N) is 1. The average molecular weight is 286 g/mol. The van der Waals surface area contributed by atoms with Gasteiger partial charge < -0.3 is 15.3 Å². The van der Waals surface area contributed by atoms with Gasteiger partial charge in [-0.15, -0.1) is 0 Å². The van der Waals surface area contributed by atoms with Gasteiger partial charge in [-0.05, 0) is 37.0 Å².